The van der Waals surface area contributed by atoms with Gasteiger partial charge in [-0.15, -0.1) is 0 Å². The Bertz CT molecular complexity index is 966. The van der Waals surface area contributed by atoms with E-state index in [0.717, 1.165) is 23.0 Å². The Morgan fingerprint density at radius 3 is 2.74 bits per heavy atom. The molecule has 0 aliphatic carbocycles. The van der Waals surface area contributed by atoms with Gasteiger partial charge in [-0.3, -0.25) is 14.6 Å². The minimum atomic E-state index is -0.327. The van der Waals surface area contributed by atoms with Crippen molar-refractivity contribution in [3.63, 3.8) is 0 Å². The predicted octanol–water partition coefficient (Wildman–Crippen LogP) is 2.95. The van der Waals surface area contributed by atoms with E-state index < -0.39 is 0 Å². The maximum absolute atomic E-state index is 12.5. The summed E-state index contributed by atoms with van der Waals surface area (Å²) in [4.78, 5) is 31.2. The first-order valence-electron chi connectivity index (χ1n) is 9.18. The van der Waals surface area contributed by atoms with Crippen molar-refractivity contribution in [2.75, 3.05) is 18.0 Å². The highest BCUT2D eigenvalue weighted by molar-refractivity contribution is 6.05. The molecule has 1 aliphatic heterocycles. The molecule has 5 nitrogen and oxygen atoms in total. The van der Waals surface area contributed by atoms with E-state index in [0.29, 0.717) is 13.1 Å². The molecule has 4 rings (SSSR count). The summed E-state index contributed by atoms with van der Waals surface area (Å²) in [6, 6.07) is 19.7. The van der Waals surface area contributed by atoms with Gasteiger partial charge in [-0.1, -0.05) is 48.5 Å². The van der Waals surface area contributed by atoms with E-state index in [9.17, 15) is 9.59 Å². The molecule has 0 radical (unpaired) electrons. The zero-order valence-electron chi connectivity index (χ0n) is 15.0. The number of para-hydroxylation sites is 1. The van der Waals surface area contributed by atoms with Gasteiger partial charge in [-0.25, -0.2) is 0 Å². The smallest absolute Gasteiger partial charge is 0.227 e. The molecule has 27 heavy (non-hydrogen) atoms. The van der Waals surface area contributed by atoms with Crippen LogP contribution < -0.4 is 10.2 Å². The molecule has 0 bridgehead atoms. The van der Waals surface area contributed by atoms with Crippen LogP contribution in [0.15, 0.2) is 66.9 Å². The highest BCUT2D eigenvalue weighted by atomic mass is 16.2. The van der Waals surface area contributed by atoms with Crippen LogP contribution in [0.3, 0.4) is 0 Å². The average Bonchev–Trinajstić information content (AvgIpc) is 3.10. The lowest BCUT2D eigenvalue weighted by Crippen LogP contribution is -2.34. The highest BCUT2D eigenvalue weighted by Crippen LogP contribution is 2.30. The molecule has 1 atom stereocenters. The number of amides is 2. The van der Waals surface area contributed by atoms with Crippen molar-refractivity contribution in [1.29, 1.82) is 0 Å². The molecule has 5 heteroatoms. The van der Waals surface area contributed by atoms with E-state index in [1.165, 1.54) is 5.56 Å². The van der Waals surface area contributed by atoms with Crippen molar-refractivity contribution in [3.05, 3.63) is 72.4 Å². The number of nitrogens with zero attached hydrogens (tertiary/aromatic N) is 2. The number of carbonyl (C=O) groups is 2. The molecule has 1 N–H and O–H groups in total. The van der Waals surface area contributed by atoms with Gasteiger partial charge in [0.1, 0.15) is 0 Å². The molecule has 1 aromatic heterocycles. The summed E-state index contributed by atoms with van der Waals surface area (Å²) in [5.74, 6) is -0.418. The summed E-state index contributed by atoms with van der Waals surface area (Å²) < 4.78 is 0. The number of carbonyl (C=O) groups excluding carboxylic acids is 2. The zero-order valence-corrected chi connectivity index (χ0v) is 15.0. The standard InChI is InChI=1S/C22H21N3O2/c26-20-14-18(22(27)24-13-11-16-6-2-1-3-7-16)15-25(20)19-10-4-8-17-9-5-12-23-21(17)19/h1-10,12,18H,11,13-15H2,(H,24,27). The van der Waals surface area contributed by atoms with E-state index in [1.807, 2.05) is 60.7 Å². The lowest BCUT2D eigenvalue weighted by molar-refractivity contribution is -0.126. The Hall–Kier alpha value is -3.21. The number of aromatic nitrogens is 1. The van der Waals surface area contributed by atoms with Gasteiger partial charge in [0.2, 0.25) is 11.8 Å². The second-order valence-corrected chi connectivity index (χ2v) is 6.78. The number of fused-ring (bicyclic) bond motifs is 1. The third-order valence-corrected chi connectivity index (χ3v) is 4.95. The molecule has 1 saturated heterocycles. The van der Waals surface area contributed by atoms with Crippen LogP contribution in [0.1, 0.15) is 12.0 Å². The fraction of sp³-hybridized carbons (Fsp3) is 0.227. The van der Waals surface area contributed by atoms with Crippen LogP contribution in [0.25, 0.3) is 10.9 Å². The van der Waals surface area contributed by atoms with Crippen molar-refractivity contribution in [2.24, 2.45) is 5.92 Å². The molecule has 1 aliphatic rings. The number of pyridine rings is 1. The van der Waals surface area contributed by atoms with E-state index in [2.05, 4.69) is 10.3 Å². The fourth-order valence-electron chi connectivity index (χ4n) is 3.54. The number of hydrogen-bond acceptors (Lipinski definition) is 3. The SMILES string of the molecule is O=C(NCCc1ccccc1)C1CC(=O)N(c2cccc3cccnc23)C1. The summed E-state index contributed by atoms with van der Waals surface area (Å²) in [5.41, 5.74) is 2.75. The summed E-state index contributed by atoms with van der Waals surface area (Å²) in [6.07, 6.45) is 2.74. The maximum atomic E-state index is 12.5. The zero-order chi connectivity index (χ0) is 18.6. The normalized spacial score (nSPS) is 16.7. The summed E-state index contributed by atoms with van der Waals surface area (Å²) >= 11 is 0. The first-order valence-corrected chi connectivity index (χ1v) is 9.18. The molecule has 2 aromatic carbocycles. The van der Waals surface area contributed by atoms with Crippen LogP contribution in [0, 0.1) is 5.92 Å². The molecule has 0 spiro atoms. The second kappa shape index (κ2) is 7.58. The second-order valence-electron chi connectivity index (χ2n) is 6.78. The van der Waals surface area contributed by atoms with Crippen LogP contribution in [0.2, 0.25) is 0 Å². The Labute approximate surface area is 158 Å². The highest BCUT2D eigenvalue weighted by Gasteiger charge is 2.35. The molecule has 2 heterocycles. The number of rotatable bonds is 5. The number of hydrogen-bond donors (Lipinski definition) is 1. The molecule has 0 saturated carbocycles. The Morgan fingerprint density at radius 2 is 1.89 bits per heavy atom. The van der Waals surface area contributed by atoms with Crippen LogP contribution in [-0.2, 0) is 16.0 Å². The van der Waals surface area contributed by atoms with Crippen molar-refractivity contribution in [3.8, 4) is 0 Å². The van der Waals surface area contributed by atoms with Crippen molar-refractivity contribution in [2.45, 2.75) is 12.8 Å². The van der Waals surface area contributed by atoms with Gasteiger partial charge in [0, 0.05) is 31.1 Å². The van der Waals surface area contributed by atoms with E-state index in [4.69, 9.17) is 0 Å². The molecular formula is C22H21N3O2. The van der Waals surface area contributed by atoms with Crippen molar-refractivity contribution in [1.82, 2.24) is 10.3 Å². The Kier molecular flexibility index (Phi) is 4.83. The monoisotopic (exact) mass is 359 g/mol. The van der Waals surface area contributed by atoms with Crippen LogP contribution in [0.4, 0.5) is 5.69 Å². The number of anilines is 1. The van der Waals surface area contributed by atoms with Gasteiger partial charge in [0.25, 0.3) is 0 Å². The third-order valence-electron chi connectivity index (χ3n) is 4.95. The molecule has 3 aromatic rings. The van der Waals surface area contributed by atoms with Crippen LogP contribution >= 0.6 is 0 Å². The molecule has 1 fully saturated rings. The van der Waals surface area contributed by atoms with Crippen LogP contribution in [0.5, 0.6) is 0 Å². The van der Waals surface area contributed by atoms with Gasteiger partial charge in [0.05, 0.1) is 17.1 Å². The molecular weight excluding hydrogens is 338 g/mol. The first-order chi connectivity index (χ1) is 13.2. The Morgan fingerprint density at radius 1 is 1.07 bits per heavy atom. The third kappa shape index (κ3) is 3.67. The van der Waals surface area contributed by atoms with E-state index in [1.54, 1.807) is 11.1 Å². The minimum Gasteiger partial charge on any atom is -0.355 e. The lowest BCUT2D eigenvalue weighted by Gasteiger charge is -2.18. The quantitative estimate of drug-likeness (QED) is 0.762. The van der Waals surface area contributed by atoms with Gasteiger partial charge in [0.15, 0.2) is 0 Å². The van der Waals surface area contributed by atoms with Crippen molar-refractivity contribution < 1.29 is 9.59 Å². The van der Waals surface area contributed by atoms with Gasteiger partial charge < -0.3 is 10.2 Å². The molecule has 1 unspecified atom stereocenters. The summed E-state index contributed by atoms with van der Waals surface area (Å²) in [7, 11) is 0. The van der Waals surface area contributed by atoms with Gasteiger partial charge in [-0.05, 0) is 24.1 Å². The molecule has 2 amide bonds. The summed E-state index contributed by atoms with van der Waals surface area (Å²) in [6.45, 7) is 0.967. The molecule has 136 valence electrons. The number of benzene rings is 2. The fourth-order valence-corrected chi connectivity index (χ4v) is 3.54. The van der Waals surface area contributed by atoms with E-state index >= 15 is 0 Å². The largest absolute Gasteiger partial charge is 0.355 e. The number of nitrogens with one attached hydrogen (secondary N) is 1. The van der Waals surface area contributed by atoms with Gasteiger partial charge >= 0.3 is 0 Å². The topological polar surface area (TPSA) is 62.3 Å². The lowest BCUT2D eigenvalue weighted by atomic mass is 10.1. The summed E-state index contributed by atoms with van der Waals surface area (Å²) in [5, 5.41) is 3.95. The van der Waals surface area contributed by atoms with E-state index in [-0.39, 0.29) is 24.2 Å². The Balaban J connectivity index is 1.42. The average molecular weight is 359 g/mol. The predicted molar refractivity (Wildman–Crippen MR) is 105 cm³/mol. The minimum absolute atomic E-state index is 0.0311. The van der Waals surface area contributed by atoms with Crippen LogP contribution in [-0.4, -0.2) is 29.9 Å². The van der Waals surface area contributed by atoms with Crippen molar-refractivity contribution >= 4 is 28.4 Å². The first kappa shape index (κ1) is 17.2. The maximum Gasteiger partial charge on any atom is 0.227 e. The van der Waals surface area contributed by atoms with Gasteiger partial charge in [-0.2, -0.15) is 0 Å².